The average molecular weight is 430 g/mol. The number of carbonyl (C=O) groups excluding carboxylic acids is 2. The first kappa shape index (κ1) is 22.0. The summed E-state index contributed by atoms with van der Waals surface area (Å²) in [7, 11) is -3.54. The number of nitrogens with one attached hydrogen (secondary N) is 1. The lowest BCUT2D eigenvalue weighted by Gasteiger charge is -2.19. The zero-order chi connectivity index (χ0) is 21.9. The summed E-state index contributed by atoms with van der Waals surface area (Å²) >= 11 is 0. The normalized spacial score (nSPS) is 16.9. The Labute approximate surface area is 177 Å². The number of anilines is 2. The average Bonchev–Trinajstić information content (AvgIpc) is 3.11. The van der Waals surface area contributed by atoms with Crippen molar-refractivity contribution in [2.24, 2.45) is 5.92 Å². The molecule has 0 unspecified atom stereocenters. The van der Waals surface area contributed by atoms with Gasteiger partial charge >= 0.3 is 0 Å². The summed E-state index contributed by atoms with van der Waals surface area (Å²) in [6, 6.07) is 13.7. The molecule has 0 spiro atoms. The first-order valence-electron chi connectivity index (χ1n) is 10.0. The van der Waals surface area contributed by atoms with Crippen LogP contribution in [0.4, 0.5) is 11.4 Å². The molecule has 30 heavy (non-hydrogen) atoms. The van der Waals surface area contributed by atoms with E-state index in [1.54, 1.807) is 30.9 Å². The molecule has 0 aliphatic carbocycles. The Morgan fingerprint density at radius 3 is 2.23 bits per heavy atom. The quantitative estimate of drug-likeness (QED) is 0.733. The van der Waals surface area contributed by atoms with E-state index < -0.39 is 15.9 Å². The fourth-order valence-electron chi connectivity index (χ4n) is 3.52. The van der Waals surface area contributed by atoms with Gasteiger partial charge in [-0.25, -0.2) is 8.42 Å². The number of carbonyl (C=O) groups is 2. The minimum Gasteiger partial charge on any atom is -0.326 e. The predicted molar refractivity (Wildman–Crippen MR) is 117 cm³/mol. The fraction of sp³-hybridized carbons (Fsp3) is 0.364. The van der Waals surface area contributed by atoms with E-state index in [0.717, 1.165) is 11.3 Å². The summed E-state index contributed by atoms with van der Waals surface area (Å²) in [6.45, 7) is 6.67. The van der Waals surface area contributed by atoms with E-state index in [0.29, 0.717) is 25.3 Å². The molecule has 8 heteroatoms. The molecule has 1 aliphatic rings. The third-order valence-corrected chi connectivity index (χ3v) is 7.37. The molecule has 0 radical (unpaired) electrons. The van der Waals surface area contributed by atoms with Gasteiger partial charge in [-0.1, -0.05) is 31.5 Å². The molecule has 3 rings (SSSR count). The molecule has 0 aromatic heterocycles. The SMILES string of the molecule is CCN(CC)S(=O)(=O)c1ccc(NC(=O)[C@H]2CC(=O)N(c3ccc(C)cc3)C2)cc1. The van der Waals surface area contributed by atoms with Gasteiger partial charge in [0.2, 0.25) is 21.8 Å². The Morgan fingerprint density at radius 2 is 1.67 bits per heavy atom. The van der Waals surface area contributed by atoms with Crippen LogP contribution in [0, 0.1) is 12.8 Å². The van der Waals surface area contributed by atoms with Crippen molar-refractivity contribution >= 4 is 33.2 Å². The Kier molecular flexibility index (Phi) is 6.58. The monoisotopic (exact) mass is 429 g/mol. The molecular formula is C22H27N3O4S. The van der Waals surface area contributed by atoms with E-state index >= 15 is 0 Å². The van der Waals surface area contributed by atoms with Gasteiger partial charge in [-0.05, 0) is 43.3 Å². The molecule has 160 valence electrons. The zero-order valence-corrected chi connectivity index (χ0v) is 18.3. The third-order valence-electron chi connectivity index (χ3n) is 5.31. The molecule has 2 aromatic carbocycles. The van der Waals surface area contributed by atoms with Crippen LogP contribution in [0.5, 0.6) is 0 Å². The highest BCUT2D eigenvalue weighted by atomic mass is 32.2. The van der Waals surface area contributed by atoms with Crippen LogP contribution >= 0.6 is 0 Å². The second-order valence-electron chi connectivity index (χ2n) is 7.34. The number of rotatable bonds is 7. The summed E-state index contributed by atoms with van der Waals surface area (Å²) in [6.07, 6.45) is 0.147. The van der Waals surface area contributed by atoms with Crippen molar-refractivity contribution in [2.75, 3.05) is 29.9 Å². The lowest BCUT2D eigenvalue weighted by molar-refractivity contribution is -0.122. The summed E-state index contributed by atoms with van der Waals surface area (Å²) in [5.74, 6) is -0.796. The smallest absolute Gasteiger partial charge is 0.243 e. The van der Waals surface area contributed by atoms with Crippen LogP contribution in [0.2, 0.25) is 0 Å². The Bertz CT molecular complexity index is 1010. The highest BCUT2D eigenvalue weighted by Gasteiger charge is 2.35. The Morgan fingerprint density at radius 1 is 1.07 bits per heavy atom. The topological polar surface area (TPSA) is 86.8 Å². The van der Waals surface area contributed by atoms with Gasteiger partial charge in [0.15, 0.2) is 0 Å². The minimum absolute atomic E-state index is 0.0836. The molecule has 1 fully saturated rings. The van der Waals surface area contributed by atoms with Gasteiger partial charge in [0.1, 0.15) is 0 Å². The highest BCUT2D eigenvalue weighted by Crippen LogP contribution is 2.26. The van der Waals surface area contributed by atoms with Crippen LogP contribution in [0.25, 0.3) is 0 Å². The van der Waals surface area contributed by atoms with Crippen LogP contribution < -0.4 is 10.2 Å². The lowest BCUT2D eigenvalue weighted by Crippen LogP contribution is -2.30. The van der Waals surface area contributed by atoms with Gasteiger partial charge in [-0.3, -0.25) is 9.59 Å². The maximum atomic E-state index is 12.7. The number of aryl methyl sites for hydroxylation is 1. The van der Waals surface area contributed by atoms with Crippen molar-refractivity contribution in [3.8, 4) is 0 Å². The van der Waals surface area contributed by atoms with E-state index in [2.05, 4.69) is 5.32 Å². The molecule has 7 nitrogen and oxygen atoms in total. The minimum atomic E-state index is -3.54. The van der Waals surface area contributed by atoms with Crippen molar-refractivity contribution in [3.05, 3.63) is 54.1 Å². The summed E-state index contributed by atoms with van der Waals surface area (Å²) < 4.78 is 26.5. The molecule has 1 aliphatic heterocycles. The number of sulfonamides is 1. The first-order valence-corrected chi connectivity index (χ1v) is 11.5. The molecular weight excluding hydrogens is 402 g/mol. The van der Waals surface area contributed by atoms with Crippen LogP contribution in [0.15, 0.2) is 53.4 Å². The largest absolute Gasteiger partial charge is 0.326 e. The lowest BCUT2D eigenvalue weighted by atomic mass is 10.1. The van der Waals surface area contributed by atoms with Gasteiger partial charge in [-0.15, -0.1) is 0 Å². The van der Waals surface area contributed by atoms with Gasteiger partial charge in [0.05, 0.1) is 10.8 Å². The molecule has 1 atom stereocenters. The second kappa shape index (κ2) is 8.97. The van der Waals surface area contributed by atoms with E-state index in [4.69, 9.17) is 0 Å². The fourth-order valence-corrected chi connectivity index (χ4v) is 4.98. The molecule has 1 N–H and O–H groups in total. The number of benzene rings is 2. The number of hydrogen-bond acceptors (Lipinski definition) is 4. The number of hydrogen-bond donors (Lipinski definition) is 1. The first-order chi connectivity index (χ1) is 14.3. The molecule has 1 heterocycles. The summed E-state index contributed by atoms with van der Waals surface area (Å²) in [4.78, 5) is 26.8. The molecule has 1 saturated heterocycles. The van der Waals surface area contributed by atoms with Gasteiger partial charge < -0.3 is 10.2 Å². The predicted octanol–water partition coefficient (Wildman–Crippen LogP) is 3.02. The maximum Gasteiger partial charge on any atom is 0.243 e. The Hall–Kier alpha value is -2.71. The number of nitrogens with zero attached hydrogens (tertiary/aromatic N) is 2. The van der Waals surface area contributed by atoms with E-state index in [9.17, 15) is 18.0 Å². The van der Waals surface area contributed by atoms with Crippen molar-refractivity contribution < 1.29 is 18.0 Å². The van der Waals surface area contributed by atoms with Crippen molar-refractivity contribution in [3.63, 3.8) is 0 Å². The van der Waals surface area contributed by atoms with E-state index in [1.807, 2.05) is 31.2 Å². The molecule has 2 amide bonds. The van der Waals surface area contributed by atoms with Crippen LogP contribution in [0.3, 0.4) is 0 Å². The summed E-state index contributed by atoms with van der Waals surface area (Å²) in [5.41, 5.74) is 2.39. The van der Waals surface area contributed by atoms with E-state index in [-0.39, 0.29) is 23.1 Å². The maximum absolute atomic E-state index is 12.7. The molecule has 0 bridgehead atoms. The van der Waals surface area contributed by atoms with Gasteiger partial charge in [0.25, 0.3) is 0 Å². The zero-order valence-electron chi connectivity index (χ0n) is 17.5. The van der Waals surface area contributed by atoms with Gasteiger partial charge in [0, 0.05) is 37.4 Å². The van der Waals surface area contributed by atoms with Crippen LogP contribution in [0.1, 0.15) is 25.8 Å². The molecule has 0 saturated carbocycles. The standard InChI is InChI=1S/C22H27N3O4S/c1-4-24(5-2)30(28,29)20-12-8-18(9-13-20)23-22(27)17-14-21(26)25(15-17)19-10-6-16(3)7-11-19/h6-13,17H,4-5,14-15H2,1-3H3,(H,23,27)/t17-/m0/s1. The molecule has 2 aromatic rings. The van der Waals surface area contributed by atoms with Crippen LogP contribution in [-0.2, 0) is 19.6 Å². The van der Waals surface area contributed by atoms with Crippen molar-refractivity contribution in [2.45, 2.75) is 32.1 Å². The Balaban J connectivity index is 1.66. The van der Waals surface area contributed by atoms with Crippen molar-refractivity contribution in [1.29, 1.82) is 0 Å². The third kappa shape index (κ3) is 4.55. The van der Waals surface area contributed by atoms with Gasteiger partial charge in [-0.2, -0.15) is 4.31 Å². The van der Waals surface area contributed by atoms with Crippen LogP contribution in [-0.4, -0.2) is 44.2 Å². The van der Waals surface area contributed by atoms with Crippen molar-refractivity contribution in [1.82, 2.24) is 4.31 Å². The second-order valence-corrected chi connectivity index (χ2v) is 9.28. The van der Waals surface area contributed by atoms with E-state index in [1.165, 1.54) is 16.4 Å². The highest BCUT2D eigenvalue weighted by molar-refractivity contribution is 7.89. The summed E-state index contributed by atoms with van der Waals surface area (Å²) in [5, 5.41) is 2.80. The number of amides is 2.